The number of anilines is 2. The molecule has 1 amide bonds. The van der Waals surface area contributed by atoms with Crippen molar-refractivity contribution in [1.29, 1.82) is 5.26 Å². The number of nitriles is 1. The molecule has 100 valence electrons. The number of aryl methyl sites for hydroxylation is 1. The normalized spacial score (nSPS) is 9.85. The second-order valence-corrected chi connectivity index (χ2v) is 4.33. The molecule has 0 atom stereocenters. The second-order valence-electron chi connectivity index (χ2n) is 4.33. The predicted octanol–water partition coefficient (Wildman–Crippen LogP) is 2.84. The Hall–Kier alpha value is -2.87. The lowest BCUT2D eigenvalue weighted by Gasteiger charge is -2.08. The average molecular weight is 269 g/mol. The first kappa shape index (κ1) is 13.6. The summed E-state index contributed by atoms with van der Waals surface area (Å²) in [6, 6.07) is 10.7. The second kappa shape index (κ2) is 5.41. The van der Waals surface area contributed by atoms with E-state index in [1.54, 1.807) is 19.1 Å². The highest BCUT2D eigenvalue weighted by Gasteiger charge is 2.10. The van der Waals surface area contributed by atoms with E-state index in [9.17, 15) is 9.18 Å². The summed E-state index contributed by atoms with van der Waals surface area (Å²) in [5, 5.41) is 11.6. The number of hydrogen-bond acceptors (Lipinski definition) is 3. The van der Waals surface area contributed by atoms with Gasteiger partial charge in [-0.3, -0.25) is 4.79 Å². The van der Waals surface area contributed by atoms with Crippen LogP contribution in [0.2, 0.25) is 0 Å². The maximum atomic E-state index is 13.2. The third-order valence-electron chi connectivity index (χ3n) is 2.83. The standard InChI is InChI=1S/C15H12FN3O/c1-9-6-10(2-4-13(9)16)15(20)19-14-5-3-12(18)7-11(14)8-17/h2-7H,18H2,1H3,(H,19,20). The van der Waals surface area contributed by atoms with Gasteiger partial charge in [-0.15, -0.1) is 0 Å². The Balaban J connectivity index is 2.28. The molecule has 5 heteroatoms. The van der Waals surface area contributed by atoms with Crippen LogP contribution in [-0.2, 0) is 0 Å². The summed E-state index contributed by atoms with van der Waals surface area (Å²) < 4.78 is 13.2. The fourth-order valence-electron chi connectivity index (χ4n) is 1.74. The quantitative estimate of drug-likeness (QED) is 0.823. The Morgan fingerprint density at radius 1 is 1.30 bits per heavy atom. The monoisotopic (exact) mass is 269 g/mol. The number of hydrogen-bond donors (Lipinski definition) is 2. The van der Waals surface area contributed by atoms with Gasteiger partial charge >= 0.3 is 0 Å². The first-order chi connectivity index (χ1) is 9.51. The fourth-order valence-corrected chi connectivity index (χ4v) is 1.74. The van der Waals surface area contributed by atoms with Crippen LogP contribution < -0.4 is 11.1 Å². The lowest BCUT2D eigenvalue weighted by molar-refractivity contribution is 0.102. The van der Waals surface area contributed by atoms with Crippen molar-refractivity contribution in [2.75, 3.05) is 11.1 Å². The summed E-state index contributed by atoms with van der Waals surface area (Å²) in [7, 11) is 0. The van der Waals surface area contributed by atoms with Crippen LogP contribution in [0.5, 0.6) is 0 Å². The Labute approximate surface area is 115 Å². The maximum Gasteiger partial charge on any atom is 0.255 e. The van der Waals surface area contributed by atoms with Gasteiger partial charge in [0.1, 0.15) is 11.9 Å². The van der Waals surface area contributed by atoms with Crippen LogP contribution in [0.1, 0.15) is 21.5 Å². The molecule has 0 aliphatic carbocycles. The highest BCUT2D eigenvalue weighted by molar-refractivity contribution is 6.05. The minimum Gasteiger partial charge on any atom is -0.399 e. The number of benzene rings is 2. The molecule has 0 aliphatic rings. The van der Waals surface area contributed by atoms with Crippen molar-refractivity contribution in [2.45, 2.75) is 6.92 Å². The first-order valence-corrected chi connectivity index (χ1v) is 5.88. The molecule has 0 aromatic heterocycles. The van der Waals surface area contributed by atoms with E-state index in [1.807, 2.05) is 6.07 Å². The molecule has 0 unspecified atom stereocenters. The van der Waals surface area contributed by atoms with Crippen molar-refractivity contribution in [3.05, 3.63) is 58.9 Å². The van der Waals surface area contributed by atoms with Gasteiger partial charge in [-0.2, -0.15) is 5.26 Å². The van der Waals surface area contributed by atoms with E-state index < -0.39 is 5.91 Å². The van der Waals surface area contributed by atoms with Crippen molar-refractivity contribution in [3.63, 3.8) is 0 Å². The molecular weight excluding hydrogens is 257 g/mol. The van der Waals surface area contributed by atoms with E-state index in [0.717, 1.165) is 0 Å². The van der Waals surface area contributed by atoms with Gasteiger partial charge in [0, 0.05) is 11.3 Å². The molecule has 0 bridgehead atoms. The van der Waals surface area contributed by atoms with Crippen LogP contribution in [0.3, 0.4) is 0 Å². The number of rotatable bonds is 2. The van der Waals surface area contributed by atoms with E-state index in [-0.39, 0.29) is 11.4 Å². The number of amides is 1. The zero-order valence-electron chi connectivity index (χ0n) is 10.8. The summed E-state index contributed by atoms with van der Waals surface area (Å²) >= 11 is 0. The summed E-state index contributed by atoms with van der Waals surface area (Å²) in [4.78, 5) is 12.1. The lowest BCUT2D eigenvalue weighted by atomic mass is 10.1. The number of halogens is 1. The molecule has 2 aromatic rings. The Morgan fingerprint density at radius 2 is 2.05 bits per heavy atom. The number of nitrogens with two attached hydrogens (primary N) is 1. The summed E-state index contributed by atoms with van der Waals surface area (Å²) in [6.07, 6.45) is 0. The molecule has 3 N–H and O–H groups in total. The number of nitrogen functional groups attached to an aromatic ring is 1. The van der Waals surface area contributed by atoms with Gasteiger partial charge in [-0.25, -0.2) is 4.39 Å². The molecule has 0 aliphatic heterocycles. The summed E-state index contributed by atoms with van der Waals surface area (Å²) in [5.41, 5.74) is 7.37. The van der Waals surface area contributed by atoms with E-state index in [0.29, 0.717) is 22.5 Å². The minimum absolute atomic E-state index is 0.275. The average Bonchev–Trinajstić information content (AvgIpc) is 2.43. The molecule has 20 heavy (non-hydrogen) atoms. The zero-order chi connectivity index (χ0) is 14.7. The third-order valence-corrected chi connectivity index (χ3v) is 2.83. The van der Waals surface area contributed by atoms with Crippen molar-refractivity contribution in [3.8, 4) is 6.07 Å². The van der Waals surface area contributed by atoms with Crippen LogP contribution >= 0.6 is 0 Å². The lowest BCUT2D eigenvalue weighted by Crippen LogP contribution is -2.13. The van der Waals surface area contributed by atoms with Gasteiger partial charge in [0.25, 0.3) is 5.91 Å². The van der Waals surface area contributed by atoms with E-state index in [1.165, 1.54) is 24.3 Å². The van der Waals surface area contributed by atoms with Crippen molar-refractivity contribution < 1.29 is 9.18 Å². The van der Waals surface area contributed by atoms with Gasteiger partial charge in [0.05, 0.1) is 11.3 Å². The van der Waals surface area contributed by atoms with Crippen molar-refractivity contribution >= 4 is 17.3 Å². The molecule has 2 rings (SSSR count). The van der Waals surface area contributed by atoms with Crippen LogP contribution in [0.15, 0.2) is 36.4 Å². The molecule has 0 heterocycles. The maximum absolute atomic E-state index is 13.2. The van der Waals surface area contributed by atoms with Crippen LogP contribution in [-0.4, -0.2) is 5.91 Å². The Morgan fingerprint density at radius 3 is 2.70 bits per heavy atom. The van der Waals surface area contributed by atoms with Crippen molar-refractivity contribution in [1.82, 2.24) is 0 Å². The van der Waals surface area contributed by atoms with Gasteiger partial charge in [0.15, 0.2) is 0 Å². The van der Waals surface area contributed by atoms with E-state index in [2.05, 4.69) is 5.32 Å². The predicted molar refractivity (Wildman–Crippen MR) is 74.7 cm³/mol. The molecular formula is C15H12FN3O. The third kappa shape index (κ3) is 2.75. The number of carbonyl (C=O) groups excluding carboxylic acids is 1. The summed E-state index contributed by atoms with van der Waals surface area (Å²) in [5.74, 6) is -0.777. The van der Waals surface area contributed by atoms with Crippen LogP contribution in [0.25, 0.3) is 0 Å². The van der Waals surface area contributed by atoms with Gasteiger partial charge in [-0.05, 0) is 48.9 Å². The highest BCUT2D eigenvalue weighted by Crippen LogP contribution is 2.19. The number of carbonyl (C=O) groups is 1. The molecule has 0 saturated heterocycles. The smallest absolute Gasteiger partial charge is 0.255 e. The van der Waals surface area contributed by atoms with Gasteiger partial charge in [-0.1, -0.05) is 0 Å². The van der Waals surface area contributed by atoms with E-state index >= 15 is 0 Å². The molecule has 0 fully saturated rings. The molecule has 2 aromatic carbocycles. The Kier molecular flexibility index (Phi) is 3.67. The molecule has 4 nitrogen and oxygen atoms in total. The van der Waals surface area contributed by atoms with Gasteiger partial charge < -0.3 is 11.1 Å². The van der Waals surface area contributed by atoms with E-state index in [4.69, 9.17) is 11.0 Å². The van der Waals surface area contributed by atoms with Crippen LogP contribution in [0.4, 0.5) is 15.8 Å². The molecule has 0 spiro atoms. The van der Waals surface area contributed by atoms with Crippen LogP contribution in [0, 0.1) is 24.1 Å². The number of nitrogens with one attached hydrogen (secondary N) is 1. The topological polar surface area (TPSA) is 78.9 Å². The fraction of sp³-hybridized carbons (Fsp3) is 0.0667. The Bertz CT molecular complexity index is 720. The van der Waals surface area contributed by atoms with Gasteiger partial charge in [0.2, 0.25) is 0 Å². The minimum atomic E-state index is -0.408. The molecule has 0 saturated carbocycles. The SMILES string of the molecule is Cc1cc(C(=O)Nc2ccc(N)cc2C#N)ccc1F. The van der Waals surface area contributed by atoms with Crippen molar-refractivity contribution in [2.24, 2.45) is 0 Å². The zero-order valence-corrected chi connectivity index (χ0v) is 10.8. The molecule has 0 radical (unpaired) electrons. The highest BCUT2D eigenvalue weighted by atomic mass is 19.1. The first-order valence-electron chi connectivity index (χ1n) is 5.88. The largest absolute Gasteiger partial charge is 0.399 e. The summed E-state index contributed by atoms with van der Waals surface area (Å²) in [6.45, 7) is 1.58. The number of nitrogens with zero attached hydrogens (tertiary/aromatic N) is 1.